The van der Waals surface area contributed by atoms with E-state index in [2.05, 4.69) is 25.8 Å². The number of aryl methyl sites for hydroxylation is 2. The molecular weight excluding hydrogens is 514 g/mol. The molecule has 0 amide bonds. The predicted octanol–water partition coefficient (Wildman–Crippen LogP) is 7.23. The second kappa shape index (κ2) is 12.9. The van der Waals surface area contributed by atoms with Gasteiger partial charge in [0.15, 0.2) is 0 Å². The van der Waals surface area contributed by atoms with E-state index < -0.39 is 8.60 Å². The Hall–Kier alpha value is -1.64. The number of fused-ring (bicyclic) bond motifs is 1. The molecule has 2 aromatic rings. The van der Waals surface area contributed by atoms with Crippen molar-refractivity contribution in [2.24, 2.45) is 0 Å². The average Bonchev–Trinajstić information content (AvgIpc) is 2.82. The summed E-state index contributed by atoms with van der Waals surface area (Å²) in [6, 6.07) is 1.91. The Labute approximate surface area is 226 Å². The van der Waals surface area contributed by atoms with Gasteiger partial charge in [0.25, 0.3) is 0 Å². The molecule has 0 spiro atoms. The zero-order valence-corrected chi connectivity index (χ0v) is 25.5. The number of methoxy groups -OCH3 is 1. The van der Waals surface area contributed by atoms with E-state index in [0.717, 1.165) is 11.1 Å². The largest absolute Gasteiger partial charge is 0.426 e. The van der Waals surface area contributed by atoms with Crippen LogP contribution in [-0.4, -0.2) is 29.4 Å². The van der Waals surface area contributed by atoms with E-state index in [1.54, 1.807) is 17.9 Å². The fraction of sp³-hybridized carbons (Fsp3) is 0.630. The van der Waals surface area contributed by atoms with Gasteiger partial charge in [-0.1, -0.05) is 67.6 Å². The van der Waals surface area contributed by atoms with E-state index in [1.807, 2.05) is 47.6 Å². The van der Waals surface area contributed by atoms with E-state index >= 15 is 4.39 Å². The molecule has 0 aliphatic carbocycles. The van der Waals surface area contributed by atoms with Crippen molar-refractivity contribution in [2.75, 3.05) is 13.7 Å². The first-order valence-corrected chi connectivity index (χ1v) is 14.2. The molecular formula is C27H42FN2O5PS. The molecule has 0 saturated carbocycles. The van der Waals surface area contributed by atoms with Crippen LogP contribution >= 0.6 is 20.8 Å². The number of aromatic nitrogens is 2. The van der Waals surface area contributed by atoms with Gasteiger partial charge >= 0.3 is 14.3 Å². The Bertz CT molecular complexity index is 1180. The molecule has 2 unspecified atom stereocenters. The number of nitrogens with one attached hydrogen (secondary N) is 1. The molecule has 1 aromatic heterocycles. The third-order valence-electron chi connectivity index (χ3n) is 5.99. The Morgan fingerprint density at radius 3 is 2.38 bits per heavy atom. The first-order valence-electron chi connectivity index (χ1n) is 12.7. The number of ether oxygens (including phenoxy) is 1. The molecule has 0 radical (unpaired) electrons. The number of rotatable bonds is 7. The van der Waals surface area contributed by atoms with Crippen molar-refractivity contribution >= 4 is 20.8 Å². The first kappa shape index (κ1) is 31.6. The minimum absolute atomic E-state index is 0.0788. The molecule has 1 aliphatic heterocycles. The van der Waals surface area contributed by atoms with Gasteiger partial charge in [-0.3, -0.25) is 14.0 Å². The minimum Gasteiger partial charge on any atom is -0.426 e. The molecule has 10 heteroatoms. The van der Waals surface area contributed by atoms with Crippen LogP contribution in [0.2, 0.25) is 0 Å². The van der Waals surface area contributed by atoms with Gasteiger partial charge in [0.1, 0.15) is 16.2 Å². The minimum atomic E-state index is -1.73. The second-order valence-corrected chi connectivity index (χ2v) is 12.4. The summed E-state index contributed by atoms with van der Waals surface area (Å²) >= 11 is 5.10. The van der Waals surface area contributed by atoms with Gasteiger partial charge in [-0.2, -0.15) is 0 Å². The number of H-pyrrole nitrogens is 1. The normalized spacial score (nSPS) is 16.4. The summed E-state index contributed by atoms with van der Waals surface area (Å²) in [5.41, 5.74) is 1.96. The molecule has 0 bridgehead atoms. The third-order valence-corrected chi connectivity index (χ3v) is 7.44. The molecule has 3 rings (SSSR count). The van der Waals surface area contributed by atoms with Crippen LogP contribution in [-0.2, 0) is 37.8 Å². The molecule has 1 aromatic carbocycles. The maximum absolute atomic E-state index is 15.4. The SMILES string of the molecule is CC.COC(CCn1cc(C)c(=S)[nH]c1=O)COP1OCc2c(F)c(C(C)(C)C)cc(C(C)(C)C)c2O1. The Morgan fingerprint density at radius 2 is 1.81 bits per heavy atom. The first-order chi connectivity index (χ1) is 17.2. The molecule has 2 heterocycles. The fourth-order valence-electron chi connectivity index (χ4n) is 3.80. The number of halogens is 1. The Morgan fingerprint density at radius 1 is 1.19 bits per heavy atom. The van der Waals surface area contributed by atoms with E-state index in [4.69, 9.17) is 30.5 Å². The molecule has 37 heavy (non-hydrogen) atoms. The highest BCUT2D eigenvalue weighted by Crippen LogP contribution is 2.52. The predicted molar refractivity (Wildman–Crippen MR) is 149 cm³/mol. The van der Waals surface area contributed by atoms with Gasteiger partial charge < -0.3 is 13.8 Å². The number of hydrogen-bond acceptors (Lipinski definition) is 6. The van der Waals surface area contributed by atoms with Crippen LogP contribution < -0.4 is 10.2 Å². The number of nitrogens with zero attached hydrogens (tertiary/aromatic N) is 1. The number of hydrogen-bond donors (Lipinski definition) is 1. The van der Waals surface area contributed by atoms with Gasteiger partial charge in [0.05, 0.1) is 24.9 Å². The number of aromatic amines is 1. The Balaban J connectivity index is 0.00000235. The van der Waals surface area contributed by atoms with Crippen molar-refractivity contribution in [3.63, 3.8) is 0 Å². The van der Waals surface area contributed by atoms with E-state index in [1.165, 1.54) is 0 Å². The molecule has 0 saturated heterocycles. The van der Waals surface area contributed by atoms with Crippen LogP contribution in [0.4, 0.5) is 4.39 Å². The summed E-state index contributed by atoms with van der Waals surface area (Å²) in [6.45, 7) is 18.8. The molecule has 208 valence electrons. The lowest BCUT2D eigenvalue weighted by molar-refractivity contribution is 0.0396. The molecule has 7 nitrogen and oxygen atoms in total. The standard InChI is InChI=1S/C25H36FN2O5PS.C2H6/c1-15-12-28(23(29)27-22(15)35)10-9-16(30-8)13-31-34-32-14-17-20(26)18(24(2,3)4)11-19(21(17)33-34)25(5,6)7;1-2/h11-12,16H,9-10,13-14H2,1-8H3,(H,27,29,35);1-2H3. The summed E-state index contributed by atoms with van der Waals surface area (Å²) in [7, 11) is -0.136. The molecule has 2 atom stereocenters. The monoisotopic (exact) mass is 556 g/mol. The average molecular weight is 557 g/mol. The molecule has 1 N–H and O–H groups in total. The Kier molecular flexibility index (Phi) is 11.0. The van der Waals surface area contributed by atoms with E-state index in [0.29, 0.717) is 34.5 Å². The van der Waals surface area contributed by atoms with Gasteiger partial charge in [-0.25, -0.2) is 9.18 Å². The highest BCUT2D eigenvalue weighted by atomic mass is 32.1. The lowest BCUT2D eigenvalue weighted by Crippen LogP contribution is -2.27. The summed E-state index contributed by atoms with van der Waals surface area (Å²) in [5, 5.41) is 0. The number of benzene rings is 1. The van der Waals surface area contributed by atoms with Crippen LogP contribution in [0, 0.1) is 17.4 Å². The van der Waals surface area contributed by atoms with Crippen LogP contribution in [0.15, 0.2) is 17.1 Å². The highest BCUT2D eigenvalue weighted by Gasteiger charge is 2.35. The van der Waals surface area contributed by atoms with Crippen molar-refractivity contribution < 1.29 is 22.7 Å². The smallest absolute Gasteiger partial charge is 0.397 e. The molecule has 0 fully saturated rings. The van der Waals surface area contributed by atoms with Crippen molar-refractivity contribution in [3.8, 4) is 5.75 Å². The topological polar surface area (TPSA) is 74.7 Å². The van der Waals surface area contributed by atoms with Crippen LogP contribution in [0.3, 0.4) is 0 Å². The summed E-state index contributed by atoms with van der Waals surface area (Å²) < 4.78 is 40.8. The lowest BCUT2D eigenvalue weighted by Gasteiger charge is -2.33. The van der Waals surface area contributed by atoms with Crippen molar-refractivity contribution in [2.45, 2.75) is 98.8 Å². The fourth-order valence-corrected chi connectivity index (χ4v) is 5.00. The van der Waals surface area contributed by atoms with Gasteiger partial charge in [-0.05, 0) is 35.8 Å². The maximum Gasteiger partial charge on any atom is 0.397 e. The van der Waals surface area contributed by atoms with Gasteiger partial charge in [0.2, 0.25) is 0 Å². The van der Waals surface area contributed by atoms with E-state index in [-0.39, 0.29) is 41.7 Å². The van der Waals surface area contributed by atoms with Crippen molar-refractivity contribution in [3.05, 3.63) is 55.5 Å². The van der Waals surface area contributed by atoms with Crippen LogP contribution in [0.5, 0.6) is 5.75 Å². The zero-order chi connectivity index (χ0) is 28.1. The lowest BCUT2D eigenvalue weighted by atomic mass is 9.78. The summed E-state index contributed by atoms with van der Waals surface area (Å²) in [6.07, 6.45) is 1.98. The van der Waals surface area contributed by atoms with E-state index in [9.17, 15) is 4.79 Å². The van der Waals surface area contributed by atoms with Crippen LogP contribution in [0.25, 0.3) is 0 Å². The maximum atomic E-state index is 15.4. The van der Waals surface area contributed by atoms with Gasteiger partial charge in [-0.15, -0.1) is 0 Å². The quantitative estimate of drug-likeness (QED) is 0.286. The summed E-state index contributed by atoms with van der Waals surface area (Å²) in [4.78, 5) is 14.8. The second-order valence-electron chi connectivity index (χ2n) is 10.9. The zero-order valence-electron chi connectivity index (χ0n) is 23.8. The molecule has 1 aliphatic rings. The highest BCUT2D eigenvalue weighted by molar-refractivity contribution is 7.71. The third kappa shape index (κ3) is 7.93. The van der Waals surface area contributed by atoms with Crippen molar-refractivity contribution in [1.82, 2.24) is 9.55 Å². The van der Waals surface area contributed by atoms with Crippen molar-refractivity contribution in [1.29, 1.82) is 0 Å². The van der Waals surface area contributed by atoms with Gasteiger partial charge in [0, 0.05) is 31.0 Å². The summed E-state index contributed by atoms with van der Waals surface area (Å²) in [5.74, 6) is 0.225. The van der Waals surface area contributed by atoms with Crippen LogP contribution in [0.1, 0.15) is 84.1 Å².